The Bertz CT molecular complexity index is 1050. The minimum absolute atomic E-state index is 0.0623. The fourth-order valence-corrected chi connectivity index (χ4v) is 4.06. The van der Waals surface area contributed by atoms with Crippen molar-refractivity contribution in [3.05, 3.63) is 90.3 Å². The number of hydrogen-bond donors (Lipinski definition) is 2. The Balaban J connectivity index is 1.38. The molecule has 1 aliphatic rings. The fraction of sp³-hybridized carbons (Fsp3) is 0.269. The maximum absolute atomic E-state index is 12.5. The number of benzene rings is 2. The van der Waals surface area contributed by atoms with Gasteiger partial charge in [0.2, 0.25) is 0 Å². The number of carbonyl (C=O) groups excluding carboxylic acids is 2. The zero-order valence-electron chi connectivity index (χ0n) is 18.8. The molecule has 1 atom stereocenters. The van der Waals surface area contributed by atoms with Gasteiger partial charge in [-0.25, -0.2) is 0 Å². The van der Waals surface area contributed by atoms with Crippen LogP contribution in [0.5, 0.6) is 0 Å². The Morgan fingerprint density at radius 2 is 1.64 bits per heavy atom. The number of aromatic nitrogens is 1. The standard InChI is InChI=1S/C26H29N5O2/c1-20-9-11-22(12-10-20)29-26(33)25(32)28-19-24(21-6-5-13-27-18-21)31-16-14-30(15-17-31)23-7-3-2-4-8-23/h2-13,18,24H,14-17,19H2,1H3,(H,28,32)(H,29,33). The number of pyridine rings is 1. The number of para-hydroxylation sites is 1. The molecule has 0 spiro atoms. The third-order valence-corrected chi connectivity index (χ3v) is 5.92. The molecule has 2 aromatic carbocycles. The normalized spacial score (nSPS) is 15.0. The van der Waals surface area contributed by atoms with Gasteiger partial charge in [-0.05, 0) is 42.8 Å². The van der Waals surface area contributed by atoms with Gasteiger partial charge in [0.05, 0.1) is 6.04 Å². The second-order valence-corrected chi connectivity index (χ2v) is 8.19. The predicted molar refractivity (Wildman–Crippen MR) is 130 cm³/mol. The van der Waals surface area contributed by atoms with E-state index in [1.54, 1.807) is 18.3 Å². The molecule has 2 N–H and O–H groups in total. The summed E-state index contributed by atoms with van der Waals surface area (Å²) in [6.07, 6.45) is 3.56. The van der Waals surface area contributed by atoms with Gasteiger partial charge in [-0.3, -0.25) is 19.5 Å². The van der Waals surface area contributed by atoms with Gasteiger partial charge in [0.15, 0.2) is 0 Å². The highest BCUT2D eigenvalue weighted by atomic mass is 16.2. The van der Waals surface area contributed by atoms with Crippen molar-refractivity contribution >= 4 is 23.2 Å². The van der Waals surface area contributed by atoms with E-state index in [0.717, 1.165) is 37.3 Å². The first-order valence-corrected chi connectivity index (χ1v) is 11.2. The second kappa shape index (κ2) is 10.7. The molecule has 170 valence electrons. The van der Waals surface area contributed by atoms with Crippen molar-refractivity contribution in [1.29, 1.82) is 0 Å². The topological polar surface area (TPSA) is 77.6 Å². The van der Waals surface area contributed by atoms with E-state index >= 15 is 0 Å². The van der Waals surface area contributed by atoms with Crippen LogP contribution in [0.3, 0.4) is 0 Å². The van der Waals surface area contributed by atoms with Crippen molar-refractivity contribution < 1.29 is 9.59 Å². The van der Waals surface area contributed by atoms with E-state index in [4.69, 9.17) is 0 Å². The molecule has 1 aromatic heterocycles. The van der Waals surface area contributed by atoms with Crippen LogP contribution >= 0.6 is 0 Å². The van der Waals surface area contributed by atoms with Crippen LogP contribution in [0, 0.1) is 6.92 Å². The van der Waals surface area contributed by atoms with Gasteiger partial charge in [-0.15, -0.1) is 0 Å². The summed E-state index contributed by atoms with van der Waals surface area (Å²) in [5.74, 6) is -1.31. The van der Waals surface area contributed by atoms with Crippen LogP contribution in [0.15, 0.2) is 79.1 Å². The summed E-state index contributed by atoms with van der Waals surface area (Å²) in [6, 6.07) is 21.6. The molecule has 1 saturated heterocycles. The van der Waals surface area contributed by atoms with E-state index in [9.17, 15) is 9.59 Å². The summed E-state index contributed by atoms with van der Waals surface area (Å²) < 4.78 is 0. The van der Waals surface area contributed by atoms with Crippen LogP contribution in [0.25, 0.3) is 0 Å². The minimum Gasteiger partial charge on any atom is -0.369 e. The number of hydrogen-bond acceptors (Lipinski definition) is 5. The number of aryl methyl sites for hydroxylation is 1. The molecule has 7 nitrogen and oxygen atoms in total. The van der Waals surface area contributed by atoms with E-state index < -0.39 is 11.8 Å². The predicted octanol–water partition coefficient (Wildman–Crippen LogP) is 3.01. The highest BCUT2D eigenvalue weighted by molar-refractivity contribution is 6.39. The number of rotatable bonds is 6. The maximum Gasteiger partial charge on any atom is 0.313 e. The number of anilines is 2. The molecule has 7 heteroatoms. The average molecular weight is 444 g/mol. The van der Waals surface area contributed by atoms with Crippen molar-refractivity contribution in [3.8, 4) is 0 Å². The van der Waals surface area contributed by atoms with Gasteiger partial charge in [-0.1, -0.05) is 42.0 Å². The molecule has 2 amide bonds. The Morgan fingerprint density at radius 1 is 0.909 bits per heavy atom. The lowest BCUT2D eigenvalue weighted by Crippen LogP contribution is -2.50. The van der Waals surface area contributed by atoms with Crippen molar-refractivity contribution in [3.63, 3.8) is 0 Å². The quantitative estimate of drug-likeness (QED) is 0.573. The van der Waals surface area contributed by atoms with Gasteiger partial charge >= 0.3 is 11.8 Å². The lowest BCUT2D eigenvalue weighted by Gasteiger charge is -2.40. The summed E-state index contributed by atoms with van der Waals surface area (Å²) in [6.45, 7) is 5.78. The lowest BCUT2D eigenvalue weighted by atomic mass is 10.1. The van der Waals surface area contributed by atoms with Crippen LogP contribution in [0.2, 0.25) is 0 Å². The van der Waals surface area contributed by atoms with Crippen LogP contribution in [0.1, 0.15) is 17.2 Å². The van der Waals surface area contributed by atoms with Crippen molar-refractivity contribution in [2.24, 2.45) is 0 Å². The molecular formula is C26H29N5O2. The largest absolute Gasteiger partial charge is 0.369 e. The molecule has 2 heterocycles. The average Bonchev–Trinajstić information content (AvgIpc) is 2.87. The summed E-state index contributed by atoms with van der Waals surface area (Å²) in [4.78, 5) is 33.8. The molecule has 4 rings (SSSR count). The Morgan fingerprint density at radius 3 is 2.30 bits per heavy atom. The molecular weight excluding hydrogens is 414 g/mol. The van der Waals surface area contributed by atoms with Crippen LogP contribution in [0.4, 0.5) is 11.4 Å². The van der Waals surface area contributed by atoms with Crippen molar-refractivity contribution in [1.82, 2.24) is 15.2 Å². The van der Waals surface area contributed by atoms with E-state index in [2.05, 4.69) is 49.7 Å². The highest BCUT2D eigenvalue weighted by Gasteiger charge is 2.26. The first kappa shape index (κ1) is 22.5. The number of amides is 2. The molecule has 3 aromatic rings. The summed E-state index contributed by atoms with van der Waals surface area (Å²) in [7, 11) is 0. The number of carbonyl (C=O) groups is 2. The molecule has 1 aliphatic heterocycles. The first-order valence-electron chi connectivity index (χ1n) is 11.2. The zero-order valence-corrected chi connectivity index (χ0v) is 18.8. The first-order chi connectivity index (χ1) is 16.1. The highest BCUT2D eigenvalue weighted by Crippen LogP contribution is 2.23. The van der Waals surface area contributed by atoms with Gasteiger partial charge < -0.3 is 15.5 Å². The zero-order chi connectivity index (χ0) is 23.0. The molecule has 1 unspecified atom stereocenters. The van der Waals surface area contributed by atoms with E-state index in [0.29, 0.717) is 12.2 Å². The minimum atomic E-state index is -0.669. The van der Waals surface area contributed by atoms with Gasteiger partial charge in [0.25, 0.3) is 0 Å². The third kappa shape index (κ3) is 5.96. The molecule has 33 heavy (non-hydrogen) atoms. The van der Waals surface area contributed by atoms with E-state index in [1.165, 1.54) is 5.69 Å². The number of nitrogens with one attached hydrogen (secondary N) is 2. The third-order valence-electron chi connectivity index (χ3n) is 5.92. The molecule has 0 aliphatic carbocycles. The monoisotopic (exact) mass is 443 g/mol. The smallest absolute Gasteiger partial charge is 0.313 e. The molecule has 0 radical (unpaired) electrons. The van der Waals surface area contributed by atoms with Crippen LogP contribution in [-0.4, -0.2) is 54.4 Å². The van der Waals surface area contributed by atoms with Gasteiger partial charge in [-0.2, -0.15) is 0 Å². The summed E-state index contributed by atoms with van der Waals surface area (Å²) in [5.41, 5.74) is 3.92. The second-order valence-electron chi connectivity index (χ2n) is 8.19. The van der Waals surface area contributed by atoms with Gasteiger partial charge in [0.1, 0.15) is 0 Å². The molecule has 0 saturated carbocycles. The Kier molecular flexibility index (Phi) is 7.32. The Hall–Kier alpha value is -3.71. The van der Waals surface area contributed by atoms with E-state index in [1.807, 2.05) is 43.5 Å². The maximum atomic E-state index is 12.5. The van der Waals surface area contributed by atoms with Crippen LogP contribution < -0.4 is 15.5 Å². The van der Waals surface area contributed by atoms with E-state index in [-0.39, 0.29) is 6.04 Å². The van der Waals surface area contributed by atoms with Crippen molar-refractivity contribution in [2.45, 2.75) is 13.0 Å². The SMILES string of the molecule is Cc1ccc(NC(=O)C(=O)NCC(c2cccnc2)N2CCN(c3ccccc3)CC2)cc1. The molecule has 0 bridgehead atoms. The summed E-state index contributed by atoms with van der Waals surface area (Å²) >= 11 is 0. The van der Waals surface area contributed by atoms with Crippen LogP contribution in [-0.2, 0) is 9.59 Å². The fourth-order valence-electron chi connectivity index (χ4n) is 4.06. The molecule has 1 fully saturated rings. The Labute approximate surface area is 194 Å². The van der Waals surface area contributed by atoms with Crippen molar-refractivity contribution in [2.75, 3.05) is 42.9 Å². The summed E-state index contributed by atoms with van der Waals surface area (Å²) in [5, 5.41) is 5.47. The van der Waals surface area contributed by atoms with Gasteiger partial charge in [0, 0.05) is 56.5 Å². The lowest BCUT2D eigenvalue weighted by molar-refractivity contribution is -0.136. The number of nitrogens with zero attached hydrogens (tertiary/aromatic N) is 3. The number of piperazine rings is 1.